The lowest BCUT2D eigenvalue weighted by molar-refractivity contribution is -0.117. The molecule has 3 aromatic heterocycles. The first-order valence-corrected chi connectivity index (χ1v) is 11.3. The molecule has 1 amide bonds. The van der Waals surface area contributed by atoms with Crippen LogP contribution in [0.25, 0.3) is 17.0 Å². The van der Waals surface area contributed by atoms with E-state index in [0.717, 1.165) is 23.9 Å². The summed E-state index contributed by atoms with van der Waals surface area (Å²) in [4.78, 5) is 21.6. The van der Waals surface area contributed by atoms with Crippen LogP contribution in [0.15, 0.2) is 42.5 Å². The van der Waals surface area contributed by atoms with E-state index < -0.39 is 0 Å². The minimum absolute atomic E-state index is 0.0176. The predicted molar refractivity (Wildman–Crippen MR) is 122 cm³/mol. The number of hydrogen-bond acceptors (Lipinski definition) is 7. The number of nitrogens with one attached hydrogen (secondary N) is 1. The number of imidazole rings is 1. The Bertz CT molecular complexity index is 1260. The molecular formula is C23H26N8O2. The molecule has 1 saturated carbocycles. The largest absolute Gasteiger partial charge is 0.458 e. The highest BCUT2D eigenvalue weighted by Crippen LogP contribution is 2.27. The lowest BCUT2D eigenvalue weighted by Crippen LogP contribution is -2.19. The van der Waals surface area contributed by atoms with Gasteiger partial charge in [-0.1, -0.05) is 42.6 Å². The minimum atomic E-state index is 0.0176. The maximum absolute atomic E-state index is 12.5. The van der Waals surface area contributed by atoms with Crippen molar-refractivity contribution >= 4 is 22.8 Å². The van der Waals surface area contributed by atoms with Gasteiger partial charge in [0.15, 0.2) is 0 Å². The Morgan fingerprint density at radius 1 is 1.09 bits per heavy atom. The SMILES string of the molecule is Cn1nnnc1-n1c(OCc2cccc(NC(=O)CC3CCCCC3)n2)nc2ccccc21. The van der Waals surface area contributed by atoms with Crippen LogP contribution in [0.5, 0.6) is 6.01 Å². The molecule has 1 aliphatic carbocycles. The summed E-state index contributed by atoms with van der Waals surface area (Å²) in [6.07, 6.45) is 6.55. The number of carbonyl (C=O) groups excluding carboxylic acids is 1. The van der Waals surface area contributed by atoms with Gasteiger partial charge in [0.1, 0.15) is 12.4 Å². The Hall–Kier alpha value is -3.82. The van der Waals surface area contributed by atoms with Crippen LogP contribution in [0.2, 0.25) is 0 Å². The monoisotopic (exact) mass is 446 g/mol. The number of benzene rings is 1. The molecule has 1 N–H and O–H groups in total. The van der Waals surface area contributed by atoms with Crippen molar-refractivity contribution < 1.29 is 9.53 Å². The highest BCUT2D eigenvalue weighted by molar-refractivity contribution is 5.89. The summed E-state index contributed by atoms with van der Waals surface area (Å²) in [7, 11) is 1.76. The van der Waals surface area contributed by atoms with Gasteiger partial charge in [-0.3, -0.25) is 4.79 Å². The molecule has 0 atom stereocenters. The van der Waals surface area contributed by atoms with Gasteiger partial charge >= 0.3 is 6.01 Å². The second-order valence-electron chi connectivity index (χ2n) is 8.38. The van der Waals surface area contributed by atoms with E-state index in [9.17, 15) is 4.79 Å². The molecule has 4 aromatic rings. The molecule has 0 spiro atoms. The summed E-state index contributed by atoms with van der Waals surface area (Å²) in [5.74, 6) is 1.52. The van der Waals surface area contributed by atoms with Gasteiger partial charge in [-0.2, -0.15) is 4.98 Å². The topological polar surface area (TPSA) is 113 Å². The van der Waals surface area contributed by atoms with Crippen LogP contribution >= 0.6 is 0 Å². The van der Waals surface area contributed by atoms with Gasteiger partial charge < -0.3 is 10.1 Å². The average molecular weight is 447 g/mol. The fourth-order valence-corrected chi connectivity index (χ4v) is 4.32. The summed E-state index contributed by atoms with van der Waals surface area (Å²) < 4.78 is 9.36. The standard InChI is InChI=1S/C23H26N8O2/c1-30-22(27-28-29-30)31-19-12-6-5-11-18(19)25-23(31)33-15-17-10-7-13-20(24-17)26-21(32)14-16-8-3-2-4-9-16/h5-7,10-13,16H,2-4,8-9,14-15H2,1H3,(H,24,26,32). The Balaban J connectivity index is 1.30. The van der Waals surface area contributed by atoms with Gasteiger partial charge in [0.25, 0.3) is 5.95 Å². The maximum atomic E-state index is 12.5. The zero-order valence-corrected chi connectivity index (χ0v) is 18.5. The van der Waals surface area contributed by atoms with Crippen molar-refractivity contribution in [3.63, 3.8) is 0 Å². The summed E-state index contributed by atoms with van der Waals surface area (Å²) in [6.45, 7) is 0.181. The Kier molecular flexibility index (Phi) is 5.97. The van der Waals surface area contributed by atoms with Gasteiger partial charge in [0, 0.05) is 13.5 Å². The molecule has 0 bridgehead atoms. The van der Waals surface area contributed by atoms with Crippen LogP contribution in [0.4, 0.5) is 5.82 Å². The van der Waals surface area contributed by atoms with Gasteiger partial charge in [0.2, 0.25) is 5.91 Å². The van der Waals surface area contributed by atoms with Gasteiger partial charge in [-0.15, -0.1) is 0 Å². The smallest absolute Gasteiger partial charge is 0.305 e. The van der Waals surface area contributed by atoms with E-state index in [1.54, 1.807) is 22.4 Å². The molecule has 1 aromatic carbocycles. The first-order valence-electron chi connectivity index (χ1n) is 11.3. The molecule has 10 nitrogen and oxygen atoms in total. The molecule has 0 radical (unpaired) electrons. The second kappa shape index (κ2) is 9.35. The van der Waals surface area contributed by atoms with Gasteiger partial charge in [0.05, 0.1) is 16.7 Å². The van der Waals surface area contributed by atoms with E-state index in [4.69, 9.17) is 4.74 Å². The third kappa shape index (κ3) is 4.69. The van der Waals surface area contributed by atoms with Crippen molar-refractivity contribution in [3.8, 4) is 12.0 Å². The number of carbonyl (C=O) groups is 1. The second-order valence-corrected chi connectivity index (χ2v) is 8.38. The summed E-state index contributed by atoms with van der Waals surface area (Å²) in [5, 5.41) is 14.7. The average Bonchev–Trinajstić information content (AvgIpc) is 3.41. The van der Waals surface area contributed by atoms with Crippen LogP contribution in [0.3, 0.4) is 0 Å². The Morgan fingerprint density at radius 2 is 1.94 bits per heavy atom. The molecule has 170 valence electrons. The third-order valence-corrected chi connectivity index (χ3v) is 5.95. The molecule has 10 heteroatoms. The van der Waals surface area contributed by atoms with Gasteiger partial charge in [-0.25, -0.2) is 14.2 Å². The lowest BCUT2D eigenvalue weighted by atomic mass is 9.87. The summed E-state index contributed by atoms with van der Waals surface area (Å²) in [5.41, 5.74) is 2.29. The number of tetrazole rings is 1. The molecule has 0 aliphatic heterocycles. The summed E-state index contributed by atoms with van der Waals surface area (Å²) >= 11 is 0. The zero-order chi connectivity index (χ0) is 22.6. The number of nitrogens with zero attached hydrogens (tertiary/aromatic N) is 7. The van der Waals surface area contributed by atoms with E-state index >= 15 is 0 Å². The normalized spacial score (nSPS) is 14.5. The molecule has 0 saturated heterocycles. The molecule has 3 heterocycles. The van der Waals surface area contributed by atoms with Crippen molar-refractivity contribution in [3.05, 3.63) is 48.2 Å². The highest BCUT2D eigenvalue weighted by Gasteiger charge is 2.19. The van der Waals surface area contributed by atoms with Crippen molar-refractivity contribution in [2.75, 3.05) is 5.32 Å². The maximum Gasteiger partial charge on any atom is 0.305 e. The van der Waals surface area contributed by atoms with E-state index in [1.807, 2.05) is 36.4 Å². The van der Waals surface area contributed by atoms with Crippen molar-refractivity contribution in [2.24, 2.45) is 13.0 Å². The van der Waals surface area contributed by atoms with E-state index in [0.29, 0.717) is 35.8 Å². The molecule has 0 unspecified atom stereocenters. The number of aromatic nitrogens is 7. The number of pyridine rings is 1. The third-order valence-electron chi connectivity index (χ3n) is 5.95. The molecule has 1 fully saturated rings. The molecule has 1 aliphatic rings. The summed E-state index contributed by atoms with van der Waals surface area (Å²) in [6, 6.07) is 13.6. The number of para-hydroxylation sites is 2. The van der Waals surface area contributed by atoms with Crippen LogP contribution in [0, 0.1) is 5.92 Å². The zero-order valence-electron chi connectivity index (χ0n) is 18.5. The molecule has 33 heavy (non-hydrogen) atoms. The number of rotatable bonds is 7. The van der Waals surface area contributed by atoms with E-state index in [-0.39, 0.29) is 12.5 Å². The Labute approximate surface area is 191 Å². The van der Waals surface area contributed by atoms with E-state index in [1.165, 1.54) is 19.3 Å². The number of fused-ring (bicyclic) bond motifs is 1. The van der Waals surface area contributed by atoms with Crippen LogP contribution in [0.1, 0.15) is 44.2 Å². The van der Waals surface area contributed by atoms with Crippen LogP contribution in [-0.2, 0) is 18.4 Å². The number of anilines is 1. The fraction of sp³-hybridized carbons (Fsp3) is 0.391. The number of aryl methyl sites for hydroxylation is 1. The van der Waals surface area contributed by atoms with E-state index in [2.05, 4.69) is 30.8 Å². The number of amides is 1. The Morgan fingerprint density at radius 3 is 2.76 bits per heavy atom. The van der Waals surface area contributed by atoms with Crippen LogP contribution in [-0.4, -0.2) is 40.6 Å². The molecular weight excluding hydrogens is 420 g/mol. The first kappa shape index (κ1) is 21.0. The van der Waals surface area contributed by atoms with Gasteiger partial charge in [-0.05, 0) is 53.5 Å². The highest BCUT2D eigenvalue weighted by atomic mass is 16.5. The van der Waals surface area contributed by atoms with Crippen molar-refractivity contribution in [1.82, 2.24) is 34.7 Å². The quantitative estimate of drug-likeness (QED) is 0.463. The number of hydrogen-bond donors (Lipinski definition) is 1. The van der Waals surface area contributed by atoms with Crippen molar-refractivity contribution in [2.45, 2.75) is 45.1 Å². The van der Waals surface area contributed by atoms with Crippen LogP contribution < -0.4 is 10.1 Å². The minimum Gasteiger partial charge on any atom is -0.458 e. The lowest BCUT2D eigenvalue weighted by Gasteiger charge is -2.20. The fourth-order valence-electron chi connectivity index (χ4n) is 4.32. The first-order chi connectivity index (χ1) is 16.2. The number of ether oxygens (including phenoxy) is 1. The molecule has 5 rings (SSSR count). The predicted octanol–water partition coefficient (Wildman–Crippen LogP) is 3.43. The van der Waals surface area contributed by atoms with Crippen molar-refractivity contribution in [1.29, 1.82) is 0 Å².